The summed E-state index contributed by atoms with van der Waals surface area (Å²) in [6.45, 7) is 4.88. The molecule has 2 N–H and O–H groups in total. The predicted molar refractivity (Wildman–Crippen MR) is 89.4 cm³/mol. The molecule has 4 heteroatoms. The van der Waals surface area contributed by atoms with Crippen LogP contribution in [0.3, 0.4) is 0 Å². The Morgan fingerprint density at radius 1 is 1.18 bits per heavy atom. The van der Waals surface area contributed by atoms with E-state index in [1.54, 1.807) is 7.11 Å². The number of amides is 2. The van der Waals surface area contributed by atoms with Gasteiger partial charge in [-0.2, -0.15) is 0 Å². The molecule has 0 aromatic heterocycles. The first kappa shape index (κ1) is 16.7. The molecular weight excluding hydrogens is 276 g/mol. The Balaban J connectivity index is 1.83. The normalized spacial score (nSPS) is 16.1. The van der Waals surface area contributed by atoms with E-state index in [2.05, 4.69) is 36.6 Å². The van der Waals surface area contributed by atoms with Gasteiger partial charge in [-0.25, -0.2) is 4.79 Å². The van der Waals surface area contributed by atoms with Gasteiger partial charge in [0.05, 0.1) is 7.11 Å². The lowest BCUT2D eigenvalue weighted by Gasteiger charge is -2.27. The van der Waals surface area contributed by atoms with Gasteiger partial charge in [0.2, 0.25) is 0 Å². The highest BCUT2D eigenvalue weighted by Gasteiger charge is 2.22. The average molecular weight is 304 g/mol. The van der Waals surface area contributed by atoms with Gasteiger partial charge in [0, 0.05) is 18.0 Å². The molecule has 0 radical (unpaired) electrons. The number of ether oxygens (including phenoxy) is 1. The minimum atomic E-state index is -0.115. The Kier molecular flexibility index (Phi) is 5.69. The van der Waals surface area contributed by atoms with Crippen molar-refractivity contribution in [2.24, 2.45) is 0 Å². The molecule has 2 amide bonds. The molecule has 22 heavy (non-hydrogen) atoms. The van der Waals surface area contributed by atoms with Crippen molar-refractivity contribution < 1.29 is 9.53 Å². The lowest BCUT2D eigenvalue weighted by molar-refractivity contribution is 0.230. The Bertz CT molecular complexity index is 476. The fourth-order valence-electron chi connectivity index (χ4n) is 2.93. The summed E-state index contributed by atoms with van der Waals surface area (Å²) in [5.74, 6) is 0.850. The van der Waals surface area contributed by atoms with Crippen molar-refractivity contribution in [1.82, 2.24) is 10.6 Å². The van der Waals surface area contributed by atoms with Crippen LogP contribution in [0.4, 0.5) is 4.79 Å². The van der Waals surface area contributed by atoms with Crippen molar-refractivity contribution >= 4 is 6.03 Å². The molecule has 1 saturated carbocycles. The van der Waals surface area contributed by atoms with Gasteiger partial charge in [0.15, 0.2) is 0 Å². The van der Waals surface area contributed by atoms with E-state index in [0.29, 0.717) is 12.6 Å². The third-order valence-electron chi connectivity index (χ3n) is 4.50. The van der Waals surface area contributed by atoms with Crippen LogP contribution in [0.5, 0.6) is 5.75 Å². The monoisotopic (exact) mass is 304 g/mol. The summed E-state index contributed by atoms with van der Waals surface area (Å²) >= 11 is 0. The summed E-state index contributed by atoms with van der Waals surface area (Å²) in [7, 11) is 1.66. The van der Waals surface area contributed by atoms with Crippen LogP contribution in [0.2, 0.25) is 0 Å². The fourth-order valence-corrected chi connectivity index (χ4v) is 2.93. The number of rotatable bonds is 5. The van der Waals surface area contributed by atoms with Crippen molar-refractivity contribution in [3.05, 3.63) is 29.8 Å². The molecule has 1 aliphatic rings. The Labute approximate surface area is 133 Å². The van der Waals surface area contributed by atoms with Gasteiger partial charge in [-0.05, 0) is 30.5 Å². The maximum Gasteiger partial charge on any atom is 0.315 e. The number of carbonyl (C=O) groups excluding carboxylic acids is 1. The Hall–Kier alpha value is -1.71. The molecule has 1 aromatic rings. The van der Waals surface area contributed by atoms with E-state index in [1.165, 1.54) is 24.8 Å². The average Bonchev–Trinajstić information content (AvgIpc) is 2.54. The van der Waals surface area contributed by atoms with Crippen molar-refractivity contribution in [1.29, 1.82) is 0 Å². The van der Waals surface area contributed by atoms with Gasteiger partial charge in [0.25, 0.3) is 0 Å². The van der Waals surface area contributed by atoms with Gasteiger partial charge in [-0.3, -0.25) is 0 Å². The van der Waals surface area contributed by atoms with Crippen LogP contribution in [-0.4, -0.2) is 25.7 Å². The van der Waals surface area contributed by atoms with Crippen LogP contribution < -0.4 is 15.4 Å². The van der Waals surface area contributed by atoms with E-state index >= 15 is 0 Å². The molecule has 4 nitrogen and oxygen atoms in total. The van der Waals surface area contributed by atoms with Crippen molar-refractivity contribution in [3.63, 3.8) is 0 Å². The van der Waals surface area contributed by atoms with Gasteiger partial charge in [0.1, 0.15) is 5.75 Å². The van der Waals surface area contributed by atoms with Gasteiger partial charge in [-0.1, -0.05) is 45.2 Å². The minimum absolute atomic E-state index is 0.0477. The molecule has 0 unspecified atom stereocenters. The molecule has 0 heterocycles. The first-order chi connectivity index (χ1) is 10.5. The lowest BCUT2D eigenvalue weighted by atomic mass is 9.84. The number of hydrogen-bond donors (Lipinski definition) is 2. The largest absolute Gasteiger partial charge is 0.497 e. The predicted octanol–water partition coefficient (Wildman–Crippen LogP) is 3.60. The summed E-state index contributed by atoms with van der Waals surface area (Å²) in [5, 5.41) is 6.11. The van der Waals surface area contributed by atoms with Crippen molar-refractivity contribution in [2.45, 2.75) is 57.4 Å². The topological polar surface area (TPSA) is 50.4 Å². The van der Waals surface area contributed by atoms with Gasteiger partial charge in [-0.15, -0.1) is 0 Å². The molecule has 2 rings (SSSR count). The SMILES string of the molecule is COc1ccc(C(C)(C)CNC(=O)NC2CCCCC2)cc1. The highest BCUT2D eigenvalue weighted by Crippen LogP contribution is 2.24. The van der Waals surface area contributed by atoms with Crippen LogP contribution >= 0.6 is 0 Å². The quantitative estimate of drug-likeness (QED) is 0.873. The summed E-state index contributed by atoms with van der Waals surface area (Å²) in [4.78, 5) is 12.0. The van der Waals surface area contributed by atoms with E-state index in [4.69, 9.17) is 4.74 Å². The second kappa shape index (κ2) is 7.52. The molecule has 0 saturated heterocycles. The van der Waals surface area contributed by atoms with Gasteiger partial charge >= 0.3 is 6.03 Å². The number of methoxy groups -OCH3 is 1. The van der Waals surface area contributed by atoms with Crippen LogP contribution in [0.25, 0.3) is 0 Å². The van der Waals surface area contributed by atoms with Crippen molar-refractivity contribution in [2.75, 3.05) is 13.7 Å². The third kappa shape index (κ3) is 4.65. The lowest BCUT2D eigenvalue weighted by Crippen LogP contribution is -2.46. The molecule has 122 valence electrons. The van der Waals surface area contributed by atoms with E-state index in [9.17, 15) is 4.79 Å². The van der Waals surface area contributed by atoms with E-state index in [-0.39, 0.29) is 11.4 Å². The maximum atomic E-state index is 12.0. The Morgan fingerprint density at radius 3 is 2.41 bits per heavy atom. The molecule has 1 fully saturated rings. The second-order valence-corrected chi connectivity index (χ2v) is 6.77. The van der Waals surface area contributed by atoms with E-state index < -0.39 is 0 Å². The van der Waals surface area contributed by atoms with Crippen LogP contribution in [0, 0.1) is 0 Å². The molecule has 1 aromatic carbocycles. The molecule has 0 bridgehead atoms. The molecular formula is C18H28N2O2. The van der Waals surface area contributed by atoms with Crippen molar-refractivity contribution in [3.8, 4) is 5.75 Å². The zero-order chi connectivity index (χ0) is 16.0. The number of carbonyl (C=O) groups is 1. The summed E-state index contributed by atoms with van der Waals surface area (Å²) in [6, 6.07) is 8.32. The maximum absolute atomic E-state index is 12.0. The summed E-state index contributed by atoms with van der Waals surface area (Å²) in [5.41, 5.74) is 1.07. The number of nitrogens with one attached hydrogen (secondary N) is 2. The highest BCUT2D eigenvalue weighted by molar-refractivity contribution is 5.74. The number of benzene rings is 1. The second-order valence-electron chi connectivity index (χ2n) is 6.77. The smallest absolute Gasteiger partial charge is 0.315 e. The van der Waals surface area contributed by atoms with E-state index in [1.807, 2.05) is 12.1 Å². The van der Waals surface area contributed by atoms with Crippen LogP contribution in [0.1, 0.15) is 51.5 Å². The molecule has 0 atom stereocenters. The highest BCUT2D eigenvalue weighted by atomic mass is 16.5. The first-order valence-corrected chi connectivity index (χ1v) is 8.20. The standard InChI is InChI=1S/C18H28N2O2/c1-18(2,14-9-11-16(22-3)12-10-14)13-19-17(21)20-15-7-5-4-6-8-15/h9-12,15H,4-8,13H2,1-3H3,(H2,19,20,21). The summed E-state index contributed by atoms with van der Waals surface area (Å²) < 4.78 is 5.18. The van der Waals surface area contributed by atoms with Gasteiger partial charge < -0.3 is 15.4 Å². The minimum Gasteiger partial charge on any atom is -0.497 e. The number of urea groups is 1. The fraction of sp³-hybridized carbons (Fsp3) is 0.611. The van der Waals surface area contributed by atoms with E-state index in [0.717, 1.165) is 18.6 Å². The third-order valence-corrected chi connectivity index (χ3v) is 4.50. The molecule has 0 aliphatic heterocycles. The molecule has 1 aliphatic carbocycles. The zero-order valence-corrected chi connectivity index (χ0v) is 13.9. The Morgan fingerprint density at radius 2 is 1.82 bits per heavy atom. The van der Waals surface area contributed by atoms with Crippen LogP contribution in [0.15, 0.2) is 24.3 Å². The molecule has 0 spiro atoms. The number of hydrogen-bond acceptors (Lipinski definition) is 2. The first-order valence-electron chi connectivity index (χ1n) is 8.20. The summed E-state index contributed by atoms with van der Waals surface area (Å²) in [6.07, 6.45) is 5.96. The van der Waals surface area contributed by atoms with Crippen LogP contribution in [-0.2, 0) is 5.41 Å². The zero-order valence-electron chi connectivity index (χ0n) is 13.9.